The van der Waals surface area contributed by atoms with Crippen LogP contribution in [0.2, 0.25) is 10.0 Å². The molecule has 0 fully saturated rings. The van der Waals surface area contributed by atoms with Crippen LogP contribution in [-0.2, 0) is 12.3 Å². The first-order valence-electron chi connectivity index (χ1n) is 7.96. The molecule has 4 nitrogen and oxygen atoms in total. The van der Waals surface area contributed by atoms with E-state index in [4.69, 9.17) is 23.2 Å². The van der Waals surface area contributed by atoms with Crippen LogP contribution in [0.25, 0.3) is 11.2 Å². The molecule has 0 saturated carbocycles. The minimum atomic E-state index is 0.659. The van der Waals surface area contributed by atoms with Gasteiger partial charge in [0.05, 0.1) is 12.9 Å². The van der Waals surface area contributed by atoms with Crippen LogP contribution in [0.4, 0.5) is 0 Å². The number of aromatic nitrogens is 4. The molecular weight excluding hydrogens is 387 g/mol. The van der Waals surface area contributed by atoms with Gasteiger partial charge in [0.15, 0.2) is 5.65 Å². The van der Waals surface area contributed by atoms with Gasteiger partial charge < -0.3 is 4.57 Å². The third-order valence-corrected chi connectivity index (χ3v) is 5.39. The smallest absolute Gasteiger partial charge is 0.164 e. The molecular formula is C19H14Cl2N4S. The second kappa shape index (κ2) is 7.66. The number of nitrogens with zero attached hydrogens (tertiary/aromatic N) is 4. The number of hydrogen-bond donors (Lipinski definition) is 0. The Bertz CT molecular complexity index is 1060. The van der Waals surface area contributed by atoms with E-state index >= 15 is 0 Å². The average Bonchev–Trinajstić information content (AvgIpc) is 3.04. The number of thioether (sulfide) groups is 1. The van der Waals surface area contributed by atoms with E-state index in [2.05, 4.69) is 21.0 Å². The van der Waals surface area contributed by atoms with Crippen LogP contribution in [-0.4, -0.2) is 19.5 Å². The summed E-state index contributed by atoms with van der Waals surface area (Å²) < 4.78 is 2.01. The number of imidazole rings is 1. The van der Waals surface area contributed by atoms with Crippen molar-refractivity contribution in [2.24, 2.45) is 0 Å². The highest BCUT2D eigenvalue weighted by Crippen LogP contribution is 2.27. The maximum Gasteiger partial charge on any atom is 0.164 e. The minimum Gasteiger partial charge on any atom is -0.311 e. The lowest BCUT2D eigenvalue weighted by Crippen LogP contribution is -1.99. The molecule has 26 heavy (non-hydrogen) atoms. The van der Waals surface area contributed by atoms with Crippen molar-refractivity contribution in [1.29, 1.82) is 0 Å². The Morgan fingerprint density at radius 3 is 2.38 bits per heavy atom. The molecule has 0 aliphatic heterocycles. The quantitative estimate of drug-likeness (QED) is 0.328. The molecule has 0 radical (unpaired) electrons. The van der Waals surface area contributed by atoms with E-state index < -0.39 is 0 Å². The lowest BCUT2D eigenvalue weighted by atomic mass is 10.2. The summed E-state index contributed by atoms with van der Waals surface area (Å²) in [6, 6.07) is 15.6. The second-order valence-corrected chi connectivity index (χ2v) is 7.61. The van der Waals surface area contributed by atoms with Crippen molar-refractivity contribution in [1.82, 2.24) is 19.5 Å². The molecule has 0 saturated heterocycles. The standard InChI is InChI=1S/C19H14Cl2N4S/c20-15-5-1-3-13(7-15)9-25-12-24-17-18(25)22-11-23-19(17)26-10-14-4-2-6-16(21)8-14/h1-8,11-12H,9-10H2. The summed E-state index contributed by atoms with van der Waals surface area (Å²) in [4.78, 5) is 13.3. The van der Waals surface area contributed by atoms with Crippen molar-refractivity contribution in [2.45, 2.75) is 17.3 Å². The number of hydrogen-bond acceptors (Lipinski definition) is 4. The number of benzene rings is 2. The van der Waals surface area contributed by atoms with Gasteiger partial charge in [0.2, 0.25) is 0 Å². The van der Waals surface area contributed by atoms with Crippen LogP contribution < -0.4 is 0 Å². The summed E-state index contributed by atoms with van der Waals surface area (Å²) in [5, 5.41) is 2.32. The van der Waals surface area contributed by atoms with Gasteiger partial charge >= 0.3 is 0 Å². The van der Waals surface area contributed by atoms with Crippen LogP contribution in [0.1, 0.15) is 11.1 Å². The maximum atomic E-state index is 6.08. The van der Waals surface area contributed by atoms with Crippen LogP contribution in [0.3, 0.4) is 0 Å². The van der Waals surface area contributed by atoms with Crippen LogP contribution in [0.5, 0.6) is 0 Å². The molecule has 0 unspecified atom stereocenters. The number of halogens is 2. The molecule has 2 heterocycles. The third-order valence-electron chi connectivity index (χ3n) is 3.87. The van der Waals surface area contributed by atoms with Gasteiger partial charge in [-0.05, 0) is 35.4 Å². The monoisotopic (exact) mass is 400 g/mol. The Balaban J connectivity index is 1.58. The Labute approximate surface area is 165 Å². The van der Waals surface area contributed by atoms with Gasteiger partial charge in [-0.15, -0.1) is 0 Å². The van der Waals surface area contributed by atoms with Crippen LogP contribution >= 0.6 is 35.0 Å². The van der Waals surface area contributed by atoms with Gasteiger partial charge in [0.1, 0.15) is 16.9 Å². The highest BCUT2D eigenvalue weighted by atomic mass is 35.5. The predicted octanol–water partition coefficient (Wildman–Crippen LogP) is 5.47. The third kappa shape index (κ3) is 3.85. The summed E-state index contributed by atoms with van der Waals surface area (Å²) in [5.41, 5.74) is 3.87. The molecule has 2 aromatic heterocycles. The molecule has 4 aromatic rings. The number of rotatable bonds is 5. The fourth-order valence-electron chi connectivity index (χ4n) is 2.69. The predicted molar refractivity (Wildman–Crippen MR) is 107 cm³/mol. The molecule has 0 N–H and O–H groups in total. The van der Waals surface area contributed by atoms with E-state index in [0.717, 1.165) is 43.1 Å². The molecule has 0 aliphatic rings. The first-order chi connectivity index (χ1) is 12.7. The van der Waals surface area contributed by atoms with Crippen LogP contribution in [0.15, 0.2) is 66.2 Å². The fourth-order valence-corrected chi connectivity index (χ4v) is 4.00. The molecule has 0 amide bonds. The van der Waals surface area contributed by atoms with Crippen molar-refractivity contribution in [3.05, 3.63) is 82.4 Å². The molecule has 0 atom stereocenters. The zero-order valence-corrected chi connectivity index (χ0v) is 16.0. The lowest BCUT2D eigenvalue weighted by molar-refractivity contribution is 0.812. The SMILES string of the molecule is Clc1cccc(CSc2ncnc3c2ncn3Cc2cccc(Cl)c2)c1. The van der Waals surface area contributed by atoms with Crippen molar-refractivity contribution >= 4 is 46.1 Å². The second-order valence-electron chi connectivity index (χ2n) is 5.77. The minimum absolute atomic E-state index is 0.659. The van der Waals surface area contributed by atoms with E-state index in [0.29, 0.717) is 6.54 Å². The van der Waals surface area contributed by atoms with Gasteiger partial charge in [-0.1, -0.05) is 59.2 Å². The largest absolute Gasteiger partial charge is 0.311 e. The van der Waals surface area contributed by atoms with Crippen molar-refractivity contribution in [3.8, 4) is 0 Å². The van der Waals surface area contributed by atoms with Crippen molar-refractivity contribution in [2.75, 3.05) is 0 Å². The number of fused-ring (bicyclic) bond motifs is 1. The molecule has 0 spiro atoms. The summed E-state index contributed by atoms with van der Waals surface area (Å²) in [5.74, 6) is 0.772. The van der Waals surface area contributed by atoms with Crippen molar-refractivity contribution < 1.29 is 0 Å². The maximum absolute atomic E-state index is 6.08. The van der Waals surface area contributed by atoms with E-state index in [9.17, 15) is 0 Å². The Hall–Kier alpha value is -2.08. The van der Waals surface area contributed by atoms with E-state index in [1.165, 1.54) is 0 Å². The Morgan fingerprint density at radius 2 is 1.62 bits per heavy atom. The molecule has 4 rings (SSSR count). The molecule has 2 aromatic carbocycles. The van der Waals surface area contributed by atoms with Gasteiger partial charge in [-0.2, -0.15) is 0 Å². The van der Waals surface area contributed by atoms with E-state index in [1.54, 1.807) is 24.4 Å². The lowest BCUT2D eigenvalue weighted by Gasteiger charge is -2.05. The normalized spacial score (nSPS) is 11.2. The van der Waals surface area contributed by atoms with Gasteiger partial charge in [-0.3, -0.25) is 0 Å². The van der Waals surface area contributed by atoms with Gasteiger partial charge in [0.25, 0.3) is 0 Å². The average molecular weight is 401 g/mol. The summed E-state index contributed by atoms with van der Waals surface area (Å²) in [6.07, 6.45) is 3.38. The Morgan fingerprint density at radius 1 is 0.885 bits per heavy atom. The van der Waals surface area contributed by atoms with Crippen molar-refractivity contribution in [3.63, 3.8) is 0 Å². The summed E-state index contributed by atoms with van der Waals surface area (Å²) in [6.45, 7) is 0.659. The van der Waals surface area contributed by atoms with Crippen LogP contribution in [0, 0.1) is 0 Å². The first-order valence-corrected chi connectivity index (χ1v) is 9.71. The summed E-state index contributed by atoms with van der Waals surface area (Å²) in [7, 11) is 0. The van der Waals surface area contributed by atoms with E-state index in [1.807, 2.05) is 47.0 Å². The fraction of sp³-hybridized carbons (Fsp3) is 0.105. The molecule has 130 valence electrons. The zero-order chi connectivity index (χ0) is 17.9. The Kier molecular flexibility index (Phi) is 5.11. The zero-order valence-electron chi connectivity index (χ0n) is 13.6. The van der Waals surface area contributed by atoms with E-state index in [-0.39, 0.29) is 0 Å². The molecule has 0 aliphatic carbocycles. The highest BCUT2D eigenvalue weighted by molar-refractivity contribution is 7.98. The van der Waals surface area contributed by atoms with Gasteiger partial charge in [0, 0.05) is 15.8 Å². The van der Waals surface area contributed by atoms with Gasteiger partial charge in [-0.25, -0.2) is 15.0 Å². The summed E-state index contributed by atoms with van der Waals surface area (Å²) >= 11 is 13.8. The highest BCUT2D eigenvalue weighted by Gasteiger charge is 2.11. The molecule has 0 bridgehead atoms. The molecule has 7 heteroatoms. The topological polar surface area (TPSA) is 43.6 Å². The first kappa shape index (κ1) is 17.3.